The van der Waals surface area contributed by atoms with Gasteiger partial charge in [0.25, 0.3) is 0 Å². The molecule has 0 unspecified atom stereocenters. The van der Waals surface area contributed by atoms with Gasteiger partial charge in [-0.1, -0.05) is 26.0 Å². The van der Waals surface area contributed by atoms with E-state index in [0.717, 1.165) is 38.0 Å². The zero-order chi connectivity index (χ0) is 23.2. The van der Waals surface area contributed by atoms with Crippen LogP contribution in [0.25, 0.3) is 0 Å². The zero-order valence-electron chi connectivity index (χ0n) is 19.5. The molecule has 0 fully saturated rings. The second-order valence-corrected chi connectivity index (χ2v) is 8.64. The summed E-state index contributed by atoms with van der Waals surface area (Å²) >= 11 is 0. The molecule has 3 aromatic rings. The molecule has 0 bridgehead atoms. The van der Waals surface area contributed by atoms with Crippen LogP contribution in [-0.2, 0) is 30.8 Å². The highest BCUT2D eigenvalue weighted by Gasteiger charge is 2.28. The summed E-state index contributed by atoms with van der Waals surface area (Å²) in [6.07, 6.45) is 5.20. The lowest BCUT2D eigenvalue weighted by molar-refractivity contribution is 0.0515. The van der Waals surface area contributed by atoms with E-state index in [2.05, 4.69) is 33.8 Å². The van der Waals surface area contributed by atoms with Gasteiger partial charge in [-0.05, 0) is 43.0 Å². The predicted molar refractivity (Wildman–Crippen MR) is 124 cm³/mol. The molecule has 2 aromatic heterocycles. The van der Waals surface area contributed by atoms with Crippen molar-refractivity contribution >= 4 is 5.97 Å². The maximum Gasteiger partial charge on any atom is 0.359 e. The number of carbonyl (C=O) groups is 1. The highest BCUT2D eigenvalue weighted by atomic mass is 16.5. The monoisotopic (exact) mass is 449 g/mol. The van der Waals surface area contributed by atoms with Gasteiger partial charge < -0.3 is 9.47 Å². The number of carbonyl (C=O) groups excluding carboxylic acids is 1. The number of rotatable bonds is 9. The van der Waals surface area contributed by atoms with Crippen molar-refractivity contribution in [3.8, 4) is 11.8 Å². The van der Waals surface area contributed by atoms with Crippen LogP contribution in [0.5, 0.6) is 11.8 Å². The maximum atomic E-state index is 12.6. The molecule has 8 heteroatoms. The highest BCUT2D eigenvalue weighted by molar-refractivity contribution is 5.89. The molecule has 174 valence electrons. The van der Waals surface area contributed by atoms with E-state index in [-0.39, 0.29) is 5.97 Å². The lowest BCUT2D eigenvalue weighted by atomic mass is 10.0. The molecule has 1 aliphatic heterocycles. The van der Waals surface area contributed by atoms with Gasteiger partial charge in [0.2, 0.25) is 0 Å². The number of nitrogens with zero attached hydrogens (tertiary/aromatic N) is 5. The number of hydrogen-bond acceptors (Lipinski definition) is 7. The van der Waals surface area contributed by atoms with E-state index in [1.165, 1.54) is 11.3 Å². The number of ether oxygens (including phenoxy) is 2. The van der Waals surface area contributed by atoms with Gasteiger partial charge in [-0.2, -0.15) is 5.10 Å². The maximum absolute atomic E-state index is 12.6. The van der Waals surface area contributed by atoms with Crippen molar-refractivity contribution < 1.29 is 14.3 Å². The second kappa shape index (κ2) is 10.6. The molecule has 0 spiro atoms. The Kier molecular flexibility index (Phi) is 7.34. The molecule has 33 heavy (non-hydrogen) atoms. The summed E-state index contributed by atoms with van der Waals surface area (Å²) in [6, 6.07) is 10.0. The Hall–Kier alpha value is -3.26. The summed E-state index contributed by atoms with van der Waals surface area (Å²) in [7, 11) is 0. The van der Waals surface area contributed by atoms with E-state index in [0.29, 0.717) is 36.5 Å². The number of aryl methyl sites for hydroxylation is 1. The number of hydrogen-bond donors (Lipinski definition) is 0. The molecule has 0 aliphatic carbocycles. The number of esters is 1. The molecule has 4 rings (SSSR count). The molecule has 0 saturated carbocycles. The second-order valence-electron chi connectivity index (χ2n) is 8.64. The van der Waals surface area contributed by atoms with Gasteiger partial charge in [0, 0.05) is 56.3 Å². The molecule has 0 atom stereocenters. The van der Waals surface area contributed by atoms with Crippen LogP contribution >= 0.6 is 0 Å². The molecular weight excluding hydrogens is 418 g/mol. The Morgan fingerprint density at radius 2 is 1.91 bits per heavy atom. The van der Waals surface area contributed by atoms with Crippen molar-refractivity contribution in [1.82, 2.24) is 24.6 Å². The van der Waals surface area contributed by atoms with Crippen LogP contribution in [0.15, 0.2) is 42.7 Å². The first kappa shape index (κ1) is 22.9. The largest absolute Gasteiger partial charge is 0.461 e. The fourth-order valence-corrected chi connectivity index (χ4v) is 3.98. The summed E-state index contributed by atoms with van der Waals surface area (Å²) in [4.78, 5) is 23.1. The molecule has 0 amide bonds. The number of aromatic nitrogens is 4. The van der Waals surface area contributed by atoms with Crippen molar-refractivity contribution in [2.24, 2.45) is 5.92 Å². The lowest BCUT2D eigenvalue weighted by Gasteiger charge is -2.27. The first-order valence-corrected chi connectivity index (χ1v) is 11.5. The molecule has 1 aliphatic rings. The van der Waals surface area contributed by atoms with Crippen LogP contribution in [0.2, 0.25) is 0 Å². The Morgan fingerprint density at radius 1 is 1.15 bits per heavy atom. The average molecular weight is 450 g/mol. The van der Waals surface area contributed by atoms with Crippen LogP contribution in [0.4, 0.5) is 0 Å². The van der Waals surface area contributed by atoms with Crippen molar-refractivity contribution in [3.05, 3.63) is 65.2 Å². The third-order valence-corrected chi connectivity index (χ3v) is 5.68. The van der Waals surface area contributed by atoms with Crippen LogP contribution in [0.3, 0.4) is 0 Å². The van der Waals surface area contributed by atoms with Gasteiger partial charge >= 0.3 is 12.0 Å². The number of benzene rings is 1. The summed E-state index contributed by atoms with van der Waals surface area (Å²) in [6.45, 7) is 9.77. The van der Waals surface area contributed by atoms with Crippen LogP contribution < -0.4 is 4.74 Å². The topological polar surface area (TPSA) is 82.4 Å². The summed E-state index contributed by atoms with van der Waals surface area (Å²) < 4.78 is 13.0. The van der Waals surface area contributed by atoms with Crippen LogP contribution in [0.1, 0.15) is 54.5 Å². The molecule has 0 N–H and O–H groups in total. The zero-order valence-corrected chi connectivity index (χ0v) is 19.5. The van der Waals surface area contributed by atoms with Crippen molar-refractivity contribution in [2.75, 3.05) is 13.2 Å². The van der Waals surface area contributed by atoms with Crippen molar-refractivity contribution in [2.45, 2.75) is 53.2 Å². The smallest absolute Gasteiger partial charge is 0.359 e. The minimum absolute atomic E-state index is 0.329. The van der Waals surface area contributed by atoms with E-state index in [9.17, 15) is 4.79 Å². The standard InChI is InChI=1S/C25H31N5O3/c1-4-32-24(31)23-21-17-29(14-11-22(21)30(28-23)15-10-18(2)3)16-19-6-8-20(9-7-19)33-25-26-12-5-13-27-25/h5-9,12-13,18H,4,10-11,14-17H2,1-3H3. The highest BCUT2D eigenvalue weighted by Crippen LogP contribution is 2.26. The van der Waals surface area contributed by atoms with Crippen LogP contribution in [-0.4, -0.2) is 43.8 Å². The van der Waals surface area contributed by atoms with E-state index in [4.69, 9.17) is 9.47 Å². The minimum Gasteiger partial charge on any atom is -0.461 e. The molecular formula is C25H31N5O3. The third kappa shape index (κ3) is 5.76. The predicted octanol–water partition coefficient (Wildman–Crippen LogP) is 4.25. The van der Waals surface area contributed by atoms with Crippen LogP contribution in [0, 0.1) is 5.92 Å². The van der Waals surface area contributed by atoms with Gasteiger partial charge in [0.1, 0.15) is 5.75 Å². The SMILES string of the molecule is CCOC(=O)c1nn(CCC(C)C)c2c1CN(Cc1ccc(Oc3ncccn3)cc1)CC2. The quantitative estimate of drug-likeness (QED) is 0.452. The Bertz CT molecular complexity index is 1060. The van der Waals surface area contributed by atoms with E-state index < -0.39 is 0 Å². The van der Waals surface area contributed by atoms with Gasteiger partial charge in [-0.3, -0.25) is 9.58 Å². The normalized spacial score (nSPS) is 13.7. The molecule has 0 radical (unpaired) electrons. The van der Waals surface area contributed by atoms with Gasteiger partial charge in [-0.15, -0.1) is 0 Å². The molecule has 3 heterocycles. The molecule has 1 aromatic carbocycles. The lowest BCUT2D eigenvalue weighted by Crippen LogP contribution is -2.31. The first-order chi connectivity index (χ1) is 16.0. The molecule has 8 nitrogen and oxygen atoms in total. The van der Waals surface area contributed by atoms with Gasteiger partial charge in [0.05, 0.1) is 6.61 Å². The Morgan fingerprint density at radius 3 is 2.61 bits per heavy atom. The van der Waals surface area contributed by atoms with E-state index in [1.807, 2.05) is 35.9 Å². The van der Waals surface area contributed by atoms with Crippen molar-refractivity contribution in [3.63, 3.8) is 0 Å². The van der Waals surface area contributed by atoms with E-state index >= 15 is 0 Å². The third-order valence-electron chi connectivity index (χ3n) is 5.68. The average Bonchev–Trinajstić information content (AvgIpc) is 3.18. The summed E-state index contributed by atoms with van der Waals surface area (Å²) in [5.74, 6) is 0.946. The van der Waals surface area contributed by atoms with E-state index in [1.54, 1.807) is 18.5 Å². The Balaban J connectivity index is 1.45. The van der Waals surface area contributed by atoms with Crippen molar-refractivity contribution in [1.29, 1.82) is 0 Å². The van der Waals surface area contributed by atoms with Gasteiger partial charge in [0.15, 0.2) is 5.69 Å². The fraction of sp³-hybridized carbons (Fsp3) is 0.440. The number of fused-ring (bicyclic) bond motifs is 1. The summed E-state index contributed by atoms with van der Waals surface area (Å²) in [5.41, 5.74) is 3.81. The molecule has 0 saturated heterocycles. The first-order valence-electron chi connectivity index (χ1n) is 11.5. The van der Waals surface area contributed by atoms with Gasteiger partial charge in [-0.25, -0.2) is 14.8 Å². The minimum atomic E-state index is -0.330. The summed E-state index contributed by atoms with van der Waals surface area (Å²) in [5, 5.41) is 4.66. The Labute approximate surface area is 194 Å². The fourth-order valence-electron chi connectivity index (χ4n) is 3.98.